The molecule has 3 heteroatoms. The summed E-state index contributed by atoms with van der Waals surface area (Å²) in [6, 6.07) is 15.1. The van der Waals surface area contributed by atoms with Gasteiger partial charge in [0, 0.05) is 0 Å². The summed E-state index contributed by atoms with van der Waals surface area (Å²) >= 11 is 0. The molecule has 0 aliphatic heterocycles. The fourth-order valence-electron chi connectivity index (χ4n) is 6.22. The molecule has 3 nitrogen and oxygen atoms in total. The maximum Gasteiger partial charge on any atom is 0.339 e. The minimum absolute atomic E-state index is 0.190. The Hall–Kier alpha value is -2.29. The summed E-state index contributed by atoms with van der Waals surface area (Å²) in [7, 11) is 0. The average Bonchev–Trinajstić information content (AvgIpc) is 2.85. The van der Waals surface area contributed by atoms with Crippen LogP contribution >= 0.6 is 0 Å². The first-order valence-electron chi connectivity index (χ1n) is 13.2. The normalized spacial score (nSPS) is 25.5. The highest BCUT2D eigenvalue weighted by Gasteiger charge is 2.31. The Kier molecular flexibility index (Phi) is 8.47. The van der Waals surface area contributed by atoms with Crippen LogP contribution in [0.5, 0.6) is 11.5 Å². The first-order chi connectivity index (χ1) is 16.1. The summed E-state index contributed by atoms with van der Waals surface area (Å²) in [5, 5.41) is 9.35. The molecular formula is C30H40O3. The third-order valence-corrected chi connectivity index (χ3v) is 8.24. The SMILES string of the molecule is CCCCCC1CCC(C2CCC(c3ccc(Oc4ccccc4C(=O)O)cc3)CC2)CC1. The van der Waals surface area contributed by atoms with E-state index in [2.05, 4.69) is 19.1 Å². The van der Waals surface area contributed by atoms with E-state index in [1.807, 2.05) is 12.1 Å². The molecule has 178 valence electrons. The highest BCUT2D eigenvalue weighted by atomic mass is 16.5. The Morgan fingerprint density at radius 2 is 1.48 bits per heavy atom. The number of aromatic carboxylic acids is 1. The zero-order valence-corrected chi connectivity index (χ0v) is 20.2. The molecule has 1 N–H and O–H groups in total. The van der Waals surface area contributed by atoms with Crippen LogP contribution in [0.1, 0.15) is 106 Å². The lowest BCUT2D eigenvalue weighted by molar-refractivity contribution is 0.0694. The number of benzene rings is 2. The lowest BCUT2D eigenvalue weighted by atomic mass is 9.68. The quantitative estimate of drug-likeness (QED) is 0.390. The third-order valence-electron chi connectivity index (χ3n) is 8.24. The first-order valence-corrected chi connectivity index (χ1v) is 13.2. The van der Waals surface area contributed by atoms with E-state index >= 15 is 0 Å². The molecule has 2 aromatic rings. The number of carbonyl (C=O) groups is 1. The Morgan fingerprint density at radius 3 is 2.12 bits per heavy atom. The van der Waals surface area contributed by atoms with Crippen molar-refractivity contribution in [2.24, 2.45) is 17.8 Å². The summed E-state index contributed by atoms with van der Waals surface area (Å²) in [6.45, 7) is 2.30. The second-order valence-corrected chi connectivity index (χ2v) is 10.4. The van der Waals surface area contributed by atoms with E-state index in [1.54, 1.807) is 24.3 Å². The summed E-state index contributed by atoms with van der Waals surface area (Å²) in [6.07, 6.45) is 16.9. The van der Waals surface area contributed by atoms with E-state index in [0.29, 0.717) is 17.4 Å². The number of unbranched alkanes of at least 4 members (excludes halogenated alkanes) is 2. The van der Waals surface area contributed by atoms with E-state index in [0.717, 1.165) is 17.8 Å². The van der Waals surface area contributed by atoms with Gasteiger partial charge in [0.25, 0.3) is 0 Å². The van der Waals surface area contributed by atoms with Crippen molar-refractivity contribution in [3.63, 3.8) is 0 Å². The van der Waals surface area contributed by atoms with Crippen LogP contribution in [0, 0.1) is 17.8 Å². The van der Waals surface area contributed by atoms with Crippen LogP contribution < -0.4 is 4.74 Å². The Balaban J connectivity index is 1.25. The van der Waals surface area contributed by atoms with Gasteiger partial charge in [-0.05, 0) is 92.0 Å². The Bertz CT molecular complexity index is 872. The van der Waals surface area contributed by atoms with E-state index in [4.69, 9.17) is 4.74 Å². The van der Waals surface area contributed by atoms with Gasteiger partial charge in [-0.2, -0.15) is 0 Å². The minimum atomic E-state index is -0.969. The van der Waals surface area contributed by atoms with Gasteiger partial charge in [-0.3, -0.25) is 0 Å². The number of carboxylic acids is 1. The third kappa shape index (κ3) is 6.40. The molecule has 4 rings (SSSR count). The summed E-state index contributed by atoms with van der Waals surface area (Å²) in [5.41, 5.74) is 1.59. The lowest BCUT2D eigenvalue weighted by Gasteiger charge is -2.38. The largest absolute Gasteiger partial charge is 0.478 e. The lowest BCUT2D eigenvalue weighted by Crippen LogP contribution is -2.25. The molecule has 2 saturated carbocycles. The highest BCUT2D eigenvalue weighted by Crippen LogP contribution is 2.44. The molecule has 2 aromatic carbocycles. The van der Waals surface area contributed by atoms with Gasteiger partial charge in [-0.25, -0.2) is 4.79 Å². The fraction of sp³-hybridized carbons (Fsp3) is 0.567. The predicted molar refractivity (Wildman–Crippen MR) is 134 cm³/mol. The molecular weight excluding hydrogens is 408 g/mol. The maximum absolute atomic E-state index is 11.4. The van der Waals surface area contributed by atoms with Gasteiger partial charge in [0.15, 0.2) is 0 Å². The topological polar surface area (TPSA) is 46.5 Å². The number of ether oxygens (including phenoxy) is 1. The summed E-state index contributed by atoms with van der Waals surface area (Å²) < 4.78 is 5.87. The van der Waals surface area contributed by atoms with Crippen LogP contribution in [0.3, 0.4) is 0 Å². The van der Waals surface area contributed by atoms with Gasteiger partial charge in [0.05, 0.1) is 0 Å². The van der Waals surface area contributed by atoms with Gasteiger partial charge in [-0.1, -0.05) is 69.7 Å². The van der Waals surface area contributed by atoms with Crippen molar-refractivity contribution in [2.75, 3.05) is 0 Å². The zero-order chi connectivity index (χ0) is 23.0. The number of carboxylic acid groups (broad SMARTS) is 1. The van der Waals surface area contributed by atoms with Crippen molar-refractivity contribution in [3.8, 4) is 11.5 Å². The molecule has 0 heterocycles. The van der Waals surface area contributed by atoms with Crippen molar-refractivity contribution in [1.82, 2.24) is 0 Å². The van der Waals surface area contributed by atoms with Crippen LogP contribution in [-0.2, 0) is 0 Å². The van der Waals surface area contributed by atoms with Gasteiger partial charge in [-0.15, -0.1) is 0 Å². The van der Waals surface area contributed by atoms with Crippen LogP contribution in [0.15, 0.2) is 48.5 Å². The van der Waals surface area contributed by atoms with Crippen molar-refractivity contribution in [1.29, 1.82) is 0 Å². The van der Waals surface area contributed by atoms with Gasteiger partial charge >= 0.3 is 5.97 Å². The van der Waals surface area contributed by atoms with Crippen molar-refractivity contribution < 1.29 is 14.6 Å². The maximum atomic E-state index is 11.4. The molecule has 0 radical (unpaired) electrons. The summed E-state index contributed by atoms with van der Waals surface area (Å²) in [5.74, 6) is 3.67. The number of hydrogen-bond acceptors (Lipinski definition) is 2. The highest BCUT2D eigenvalue weighted by molar-refractivity contribution is 5.90. The monoisotopic (exact) mass is 448 g/mol. The van der Waals surface area contributed by atoms with Crippen molar-refractivity contribution >= 4 is 5.97 Å². The molecule has 2 aliphatic carbocycles. The predicted octanol–water partition coefficient (Wildman–Crippen LogP) is 8.84. The van der Waals surface area contributed by atoms with E-state index in [9.17, 15) is 9.90 Å². The molecule has 0 aromatic heterocycles. The standard InChI is InChI=1S/C30H40O3/c1-2-3-4-7-22-10-12-23(13-11-22)24-14-16-25(17-15-24)26-18-20-27(21-19-26)33-29-9-6-5-8-28(29)30(31)32/h5-6,8-9,18-25H,2-4,7,10-17H2,1H3,(H,31,32). The zero-order valence-electron chi connectivity index (χ0n) is 20.2. The van der Waals surface area contributed by atoms with Crippen LogP contribution in [-0.4, -0.2) is 11.1 Å². The van der Waals surface area contributed by atoms with Gasteiger partial charge in [0.1, 0.15) is 17.1 Å². The van der Waals surface area contributed by atoms with Gasteiger partial charge < -0.3 is 9.84 Å². The summed E-state index contributed by atoms with van der Waals surface area (Å²) in [4.78, 5) is 11.4. The fourth-order valence-corrected chi connectivity index (χ4v) is 6.22. The second kappa shape index (κ2) is 11.7. The number of rotatable bonds is 9. The Labute approximate surface area is 199 Å². The first kappa shape index (κ1) is 23.9. The molecule has 33 heavy (non-hydrogen) atoms. The molecule has 0 atom stereocenters. The van der Waals surface area contributed by atoms with Crippen molar-refractivity contribution in [3.05, 3.63) is 59.7 Å². The van der Waals surface area contributed by atoms with Crippen LogP contribution in [0.25, 0.3) is 0 Å². The molecule has 0 saturated heterocycles. The molecule has 0 unspecified atom stereocenters. The van der Waals surface area contributed by atoms with Crippen LogP contribution in [0.4, 0.5) is 0 Å². The van der Waals surface area contributed by atoms with Gasteiger partial charge in [0.2, 0.25) is 0 Å². The molecule has 0 amide bonds. The molecule has 0 bridgehead atoms. The van der Waals surface area contributed by atoms with E-state index in [-0.39, 0.29) is 5.56 Å². The van der Waals surface area contributed by atoms with E-state index < -0.39 is 5.97 Å². The molecule has 2 aliphatic rings. The average molecular weight is 449 g/mol. The molecule has 2 fully saturated rings. The number of para-hydroxylation sites is 1. The van der Waals surface area contributed by atoms with E-state index in [1.165, 1.54) is 82.6 Å². The van der Waals surface area contributed by atoms with Crippen LogP contribution in [0.2, 0.25) is 0 Å². The second-order valence-electron chi connectivity index (χ2n) is 10.4. The van der Waals surface area contributed by atoms with Crippen molar-refractivity contribution in [2.45, 2.75) is 89.9 Å². The molecule has 0 spiro atoms. The Morgan fingerprint density at radius 1 is 0.848 bits per heavy atom. The smallest absolute Gasteiger partial charge is 0.339 e. The number of hydrogen-bond donors (Lipinski definition) is 1. The minimum Gasteiger partial charge on any atom is -0.478 e.